The molecule has 25 heavy (non-hydrogen) atoms. The summed E-state index contributed by atoms with van der Waals surface area (Å²) >= 11 is 0. The van der Waals surface area contributed by atoms with Crippen LogP contribution in [0.15, 0.2) is 24.3 Å². The van der Waals surface area contributed by atoms with Crippen molar-refractivity contribution in [1.29, 1.82) is 0 Å². The summed E-state index contributed by atoms with van der Waals surface area (Å²) in [6.45, 7) is 9.37. The monoisotopic (exact) mass is 346 g/mol. The third kappa shape index (κ3) is 5.27. The molecule has 0 aromatic heterocycles. The molecular weight excluding hydrogens is 316 g/mol. The zero-order valence-corrected chi connectivity index (χ0v) is 15.3. The van der Waals surface area contributed by atoms with Crippen molar-refractivity contribution in [2.75, 3.05) is 52.5 Å². The van der Waals surface area contributed by atoms with Crippen LogP contribution >= 0.6 is 0 Å². The van der Waals surface area contributed by atoms with E-state index in [0.717, 1.165) is 44.0 Å². The van der Waals surface area contributed by atoms with Gasteiger partial charge in [-0.05, 0) is 63.5 Å². The second-order valence-corrected chi connectivity index (χ2v) is 6.96. The molecule has 0 N–H and O–H groups in total. The lowest BCUT2D eigenvalue weighted by Gasteiger charge is -2.31. The molecule has 5 heteroatoms. The second kappa shape index (κ2) is 9.32. The number of ketones is 1. The van der Waals surface area contributed by atoms with Gasteiger partial charge in [0.2, 0.25) is 0 Å². The van der Waals surface area contributed by atoms with E-state index < -0.39 is 0 Å². The smallest absolute Gasteiger partial charge is 0.179 e. The summed E-state index contributed by atoms with van der Waals surface area (Å²) in [5.41, 5.74) is 0.753. The Balaban J connectivity index is 1.43. The first-order valence-electron chi connectivity index (χ1n) is 9.55. The number of nitrogens with zero attached hydrogens (tertiary/aromatic N) is 2. The maximum Gasteiger partial charge on any atom is 0.179 e. The Morgan fingerprint density at radius 3 is 2.48 bits per heavy atom. The van der Waals surface area contributed by atoms with E-state index >= 15 is 0 Å². The Morgan fingerprint density at radius 2 is 1.80 bits per heavy atom. The quantitative estimate of drug-likeness (QED) is 0.534. The Labute approximate surface area is 150 Å². The molecule has 0 bridgehead atoms. The highest BCUT2D eigenvalue weighted by Gasteiger charge is 2.24. The average Bonchev–Trinajstić information content (AvgIpc) is 3.19. The van der Waals surface area contributed by atoms with Gasteiger partial charge in [0, 0.05) is 25.2 Å². The Hall–Kier alpha value is -1.43. The van der Waals surface area contributed by atoms with Gasteiger partial charge < -0.3 is 14.4 Å². The predicted molar refractivity (Wildman–Crippen MR) is 98.4 cm³/mol. The lowest BCUT2D eigenvalue weighted by Crippen LogP contribution is -2.45. The Morgan fingerprint density at radius 1 is 1.12 bits per heavy atom. The number of morpholine rings is 1. The average molecular weight is 346 g/mol. The minimum Gasteiger partial charge on any atom is -0.494 e. The van der Waals surface area contributed by atoms with E-state index in [4.69, 9.17) is 9.47 Å². The molecule has 1 aromatic rings. The summed E-state index contributed by atoms with van der Waals surface area (Å²) in [6, 6.07) is 7.49. The second-order valence-electron chi connectivity index (χ2n) is 6.96. The number of likely N-dealkylation sites (tertiary alicyclic amines) is 1. The molecule has 2 fully saturated rings. The number of hydrogen-bond acceptors (Lipinski definition) is 5. The van der Waals surface area contributed by atoms with E-state index in [-0.39, 0.29) is 11.8 Å². The van der Waals surface area contributed by atoms with E-state index in [0.29, 0.717) is 13.2 Å². The summed E-state index contributed by atoms with van der Waals surface area (Å²) in [5, 5.41) is 0. The third-order valence-electron chi connectivity index (χ3n) is 5.20. The SMILES string of the molecule is CC(C(=O)c1ccc(OCCCN2CCCC2)cc1)N1CCOCC1. The molecule has 0 spiro atoms. The van der Waals surface area contributed by atoms with Crippen LogP contribution in [0.2, 0.25) is 0 Å². The minimum absolute atomic E-state index is 0.101. The molecule has 0 saturated carbocycles. The lowest BCUT2D eigenvalue weighted by molar-refractivity contribution is 0.0208. The fourth-order valence-corrected chi connectivity index (χ4v) is 3.57. The highest BCUT2D eigenvalue weighted by Crippen LogP contribution is 2.16. The van der Waals surface area contributed by atoms with E-state index in [1.807, 2.05) is 31.2 Å². The molecule has 5 nitrogen and oxygen atoms in total. The van der Waals surface area contributed by atoms with Crippen molar-refractivity contribution in [2.45, 2.75) is 32.2 Å². The van der Waals surface area contributed by atoms with Gasteiger partial charge in [0.15, 0.2) is 5.78 Å². The molecule has 2 heterocycles. The van der Waals surface area contributed by atoms with Gasteiger partial charge in [-0.15, -0.1) is 0 Å². The van der Waals surface area contributed by atoms with Crippen molar-refractivity contribution in [2.24, 2.45) is 0 Å². The number of rotatable bonds is 8. The zero-order valence-electron chi connectivity index (χ0n) is 15.3. The number of Topliss-reactive ketones (excluding diaryl/α,β-unsaturated/α-hetero) is 1. The van der Waals surface area contributed by atoms with Crippen LogP contribution in [0.1, 0.15) is 36.5 Å². The summed E-state index contributed by atoms with van der Waals surface area (Å²) in [7, 11) is 0. The first-order valence-corrected chi connectivity index (χ1v) is 9.55. The maximum absolute atomic E-state index is 12.6. The molecule has 1 aromatic carbocycles. The van der Waals surface area contributed by atoms with Gasteiger partial charge in [0.05, 0.1) is 25.9 Å². The van der Waals surface area contributed by atoms with Crippen LogP contribution in [-0.4, -0.2) is 74.2 Å². The fraction of sp³-hybridized carbons (Fsp3) is 0.650. The van der Waals surface area contributed by atoms with Gasteiger partial charge in [0.25, 0.3) is 0 Å². The normalized spacial score (nSPS) is 20.5. The van der Waals surface area contributed by atoms with Crippen LogP contribution in [0.5, 0.6) is 5.75 Å². The maximum atomic E-state index is 12.6. The molecule has 0 radical (unpaired) electrons. The standard InChI is InChI=1S/C20H30N2O3/c1-17(22-12-15-24-16-13-22)20(23)18-5-7-19(8-6-18)25-14-4-11-21-9-2-3-10-21/h5-8,17H,2-4,9-16H2,1H3. The Kier molecular flexibility index (Phi) is 6.84. The van der Waals surface area contributed by atoms with Crippen LogP contribution < -0.4 is 4.74 Å². The van der Waals surface area contributed by atoms with Crippen molar-refractivity contribution >= 4 is 5.78 Å². The van der Waals surface area contributed by atoms with Crippen molar-refractivity contribution in [1.82, 2.24) is 9.80 Å². The summed E-state index contributed by atoms with van der Waals surface area (Å²) in [6.07, 6.45) is 3.72. The van der Waals surface area contributed by atoms with Crippen molar-refractivity contribution < 1.29 is 14.3 Å². The topological polar surface area (TPSA) is 42.0 Å². The van der Waals surface area contributed by atoms with E-state index in [1.54, 1.807) is 0 Å². The van der Waals surface area contributed by atoms with Crippen molar-refractivity contribution in [3.05, 3.63) is 29.8 Å². The molecule has 3 rings (SSSR count). The van der Waals surface area contributed by atoms with Gasteiger partial charge >= 0.3 is 0 Å². The van der Waals surface area contributed by atoms with Crippen LogP contribution in [0.25, 0.3) is 0 Å². The summed E-state index contributed by atoms with van der Waals surface area (Å²) < 4.78 is 11.2. The van der Waals surface area contributed by atoms with Crippen LogP contribution in [0.4, 0.5) is 0 Å². The van der Waals surface area contributed by atoms with Crippen LogP contribution in [0.3, 0.4) is 0 Å². The molecule has 2 aliphatic rings. The largest absolute Gasteiger partial charge is 0.494 e. The van der Waals surface area contributed by atoms with Gasteiger partial charge in [-0.2, -0.15) is 0 Å². The number of ether oxygens (including phenoxy) is 2. The van der Waals surface area contributed by atoms with Crippen molar-refractivity contribution in [3.63, 3.8) is 0 Å². The first-order chi connectivity index (χ1) is 12.2. The minimum atomic E-state index is -0.101. The van der Waals surface area contributed by atoms with Crippen LogP contribution in [-0.2, 0) is 4.74 Å². The third-order valence-corrected chi connectivity index (χ3v) is 5.20. The van der Waals surface area contributed by atoms with E-state index in [2.05, 4.69) is 9.80 Å². The van der Waals surface area contributed by atoms with Gasteiger partial charge in [0.1, 0.15) is 5.75 Å². The molecule has 1 atom stereocenters. The highest BCUT2D eigenvalue weighted by molar-refractivity contribution is 5.99. The number of hydrogen-bond donors (Lipinski definition) is 0. The number of carbonyl (C=O) groups is 1. The fourth-order valence-electron chi connectivity index (χ4n) is 3.57. The molecule has 2 saturated heterocycles. The molecular formula is C20H30N2O3. The molecule has 2 aliphatic heterocycles. The summed E-state index contributed by atoms with van der Waals surface area (Å²) in [4.78, 5) is 17.3. The Bertz CT molecular complexity index is 534. The number of benzene rings is 1. The van der Waals surface area contributed by atoms with E-state index in [1.165, 1.54) is 25.9 Å². The number of carbonyl (C=O) groups excluding carboxylic acids is 1. The lowest BCUT2D eigenvalue weighted by atomic mass is 10.0. The van der Waals surface area contributed by atoms with Gasteiger partial charge in [-0.25, -0.2) is 0 Å². The van der Waals surface area contributed by atoms with Crippen LogP contribution in [0, 0.1) is 0 Å². The van der Waals surface area contributed by atoms with Crippen molar-refractivity contribution in [3.8, 4) is 5.75 Å². The first kappa shape index (κ1) is 18.4. The molecule has 0 aliphatic carbocycles. The van der Waals surface area contributed by atoms with E-state index in [9.17, 15) is 4.79 Å². The zero-order chi connectivity index (χ0) is 17.5. The summed E-state index contributed by atoms with van der Waals surface area (Å²) in [5.74, 6) is 1.01. The molecule has 1 unspecified atom stereocenters. The van der Waals surface area contributed by atoms with Gasteiger partial charge in [-0.1, -0.05) is 0 Å². The van der Waals surface area contributed by atoms with Gasteiger partial charge in [-0.3, -0.25) is 9.69 Å². The highest BCUT2D eigenvalue weighted by atomic mass is 16.5. The molecule has 0 amide bonds. The predicted octanol–water partition coefficient (Wildman–Crippen LogP) is 2.45. The molecule has 138 valence electrons.